The highest BCUT2D eigenvalue weighted by molar-refractivity contribution is 5.82. The van der Waals surface area contributed by atoms with Gasteiger partial charge >= 0.3 is 0 Å². The fourth-order valence-corrected chi connectivity index (χ4v) is 4.87. The minimum absolute atomic E-state index is 0.105. The maximum atomic E-state index is 12.9. The molecule has 0 unspecified atom stereocenters. The quantitative estimate of drug-likeness (QED) is 0.793. The molecule has 1 amide bonds. The van der Waals surface area contributed by atoms with Crippen molar-refractivity contribution in [2.75, 3.05) is 26.2 Å². The smallest absolute Gasteiger partial charge is 0.238 e. The summed E-state index contributed by atoms with van der Waals surface area (Å²) < 4.78 is 0. The third-order valence-electron chi connectivity index (χ3n) is 6.39. The molecule has 1 aromatic carbocycles. The zero-order valence-electron chi connectivity index (χ0n) is 17.5. The Morgan fingerprint density at radius 1 is 1.07 bits per heavy atom. The van der Waals surface area contributed by atoms with Gasteiger partial charge in [-0.2, -0.15) is 0 Å². The number of piperidine rings is 1. The first-order valence-corrected chi connectivity index (χ1v) is 11.2. The second-order valence-corrected chi connectivity index (χ2v) is 8.54. The summed E-state index contributed by atoms with van der Waals surface area (Å²) in [5, 5.41) is 6.97. The average molecular weight is 403 g/mol. The van der Waals surface area contributed by atoms with Crippen molar-refractivity contribution >= 4 is 5.91 Å². The van der Waals surface area contributed by atoms with E-state index in [9.17, 15) is 4.79 Å². The van der Waals surface area contributed by atoms with E-state index in [1.165, 1.54) is 30.4 Å². The molecule has 5 nitrogen and oxygen atoms in total. The van der Waals surface area contributed by atoms with Gasteiger partial charge in [-0.05, 0) is 44.3 Å². The summed E-state index contributed by atoms with van der Waals surface area (Å²) in [6, 6.07) is 10.6. The summed E-state index contributed by atoms with van der Waals surface area (Å²) in [5.74, 6) is 1.26. The summed E-state index contributed by atoms with van der Waals surface area (Å²) >= 11 is 0. The number of fused-ring (bicyclic) bond motifs is 1. The van der Waals surface area contributed by atoms with Crippen molar-refractivity contribution in [1.82, 2.24) is 20.4 Å². The van der Waals surface area contributed by atoms with Gasteiger partial charge in [0.25, 0.3) is 0 Å². The molecule has 1 aliphatic carbocycles. The lowest BCUT2D eigenvalue weighted by atomic mass is 9.95. The molecule has 30 heavy (non-hydrogen) atoms. The van der Waals surface area contributed by atoms with Gasteiger partial charge in [0.1, 0.15) is 5.82 Å². The Balaban J connectivity index is 1.39. The number of benzene rings is 1. The van der Waals surface area contributed by atoms with E-state index in [1.54, 1.807) is 0 Å². The van der Waals surface area contributed by atoms with Gasteiger partial charge in [-0.15, -0.1) is 0 Å². The van der Waals surface area contributed by atoms with Gasteiger partial charge < -0.3 is 15.5 Å². The topological polar surface area (TPSA) is 47.6 Å². The lowest BCUT2D eigenvalue weighted by Crippen LogP contribution is -2.41. The summed E-state index contributed by atoms with van der Waals surface area (Å²) in [7, 11) is 0. The van der Waals surface area contributed by atoms with Crippen LogP contribution in [0.4, 0.5) is 0 Å². The molecule has 4 aliphatic rings. The number of likely N-dealkylation sites (tertiary alicyclic amines) is 1. The second-order valence-electron chi connectivity index (χ2n) is 8.54. The molecule has 2 N–H and O–H groups in total. The van der Waals surface area contributed by atoms with Gasteiger partial charge in [0, 0.05) is 29.9 Å². The first-order chi connectivity index (χ1) is 14.8. The summed E-state index contributed by atoms with van der Waals surface area (Å²) in [5.41, 5.74) is 5.77. The number of carbonyl (C=O) groups excluding carboxylic acids is 1. The third kappa shape index (κ3) is 3.94. The number of hydrogen-bond acceptors (Lipinski definition) is 4. The summed E-state index contributed by atoms with van der Waals surface area (Å²) in [4.78, 5) is 17.6. The van der Waals surface area contributed by atoms with E-state index in [0.29, 0.717) is 6.54 Å². The molecular formula is C25H30N4O. The second kappa shape index (κ2) is 8.52. The van der Waals surface area contributed by atoms with Crippen LogP contribution in [0.5, 0.6) is 0 Å². The molecule has 0 radical (unpaired) electrons. The van der Waals surface area contributed by atoms with E-state index in [0.717, 1.165) is 61.8 Å². The van der Waals surface area contributed by atoms with E-state index in [1.807, 2.05) is 0 Å². The molecule has 0 atom stereocenters. The molecule has 0 spiro atoms. The summed E-state index contributed by atoms with van der Waals surface area (Å²) in [6.07, 6.45) is 12.1. The lowest BCUT2D eigenvalue weighted by Gasteiger charge is -2.31. The highest BCUT2D eigenvalue weighted by atomic mass is 16.2. The van der Waals surface area contributed by atoms with Crippen molar-refractivity contribution in [1.29, 1.82) is 0 Å². The monoisotopic (exact) mass is 402 g/mol. The highest BCUT2D eigenvalue weighted by Gasteiger charge is 2.33. The molecule has 156 valence electrons. The normalized spacial score (nSPS) is 21.2. The van der Waals surface area contributed by atoms with Crippen LogP contribution in [0.25, 0.3) is 0 Å². The zero-order valence-corrected chi connectivity index (χ0v) is 17.5. The van der Waals surface area contributed by atoms with Gasteiger partial charge in [-0.25, -0.2) is 0 Å². The Kier molecular flexibility index (Phi) is 5.45. The van der Waals surface area contributed by atoms with Crippen LogP contribution < -0.4 is 10.6 Å². The molecule has 0 saturated carbocycles. The first-order valence-electron chi connectivity index (χ1n) is 11.2. The van der Waals surface area contributed by atoms with Crippen molar-refractivity contribution in [3.05, 3.63) is 82.5 Å². The van der Waals surface area contributed by atoms with Crippen LogP contribution in [0.2, 0.25) is 0 Å². The van der Waals surface area contributed by atoms with Gasteiger partial charge in [-0.3, -0.25) is 9.69 Å². The number of carbonyl (C=O) groups is 1. The van der Waals surface area contributed by atoms with Crippen molar-refractivity contribution in [3.63, 3.8) is 0 Å². The van der Waals surface area contributed by atoms with E-state index in [2.05, 4.69) is 69.0 Å². The van der Waals surface area contributed by atoms with Crippen LogP contribution in [0.15, 0.2) is 76.9 Å². The molecule has 0 aromatic heterocycles. The minimum atomic E-state index is 0.105. The first kappa shape index (κ1) is 19.2. The number of rotatable bonds is 5. The maximum Gasteiger partial charge on any atom is 0.238 e. The molecule has 0 bridgehead atoms. The van der Waals surface area contributed by atoms with Crippen LogP contribution in [0.3, 0.4) is 0 Å². The Hall–Kier alpha value is -2.79. The van der Waals surface area contributed by atoms with Crippen molar-refractivity contribution < 1.29 is 4.79 Å². The van der Waals surface area contributed by atoms with E-state index in [4.69, 9.17) is 0 Å². The predicted molar refractivity (Wildman–Crippen MR) is 119 cm³/mol. The van der Waals surface area contributed by atoms with Crippen molar-refractivity contribution in [3.8, 4) is 0 Å². The Morgan fingerprint density at radius 2 is 1.90 bits per heavy atom. The lowest BCUT2D eigenvalue weighted by molar-refractivity contribution is -0.121. The number of amides is 1. The molecule has 5 heteroatoms. The largest absolute Gasteiger partial charge is 0.353 e. The van der Waals surface area contributed by atoms with E-state index < -0.39 is 0 Å². The Labute approximate surface area is 178 Å². The van der Waals surface area contributed by atoms with Crippen LogP contribution >= 0.6 is 0 Å². The predicted octanol–water partition coefficient (Wildman–Crippen LogP) is 3.41. The number of dihydropyridines is 1. The molecular weight excluding hydrogens is 372 g/mol. The van der Waals surface area contributed by atoms with Crippen molar-refractivity contribution in [2.24, 2.45) is 0 Å². The maximum absolute atomic E-state index is 12.9. The third-order valence-corrected chi connectivity index (χ3v) is 6.39. The Bertz CT molecular complexity index is 935. The minimum Gasteiger partial charge on any atom is -0.353 e. The molecule has 1 saturated heterocycles. The fraction of sp³-hybridized carbons (Fsp3) is 0.400. The average Bonchev–Trinajstić information content (AvgIpc) is 3.17. The van der Waals surface area contributed by atoms with Crippen LogP contribution in [0, 0.1) is 0 Å². The zero-order chi connectivity index (χ0) is 20.3. The van der Waals surface area contributed by atoms with Gasteiger partial charge in [0.15, 0.2) is 0 Å². The van der Waals surface area contributed by atoms with Gasteiger partial charge in [-0.1, -0.05) is 55.0 Å². The van der Waals surface area contributed by atoms with E-state index in [-0.39, 0.29) is 5.91 Å². The highest BCUT2D eigenvalue weighted by Crippen LogP contribution is 2.36. The molecule has 3 aliphatic heterocycles. The van der Waals surface area contributed by atoms with Crippen LogP contribution in [-0.2, 0) is 11.3 Å². The number of hydrogen-bond donors (Lipinski definition) is 2. The summed E-state index contributed by atoms with van der Waals surface area (Å²) in [6.45, 7) is 4.39. The van der Waals surface area contributed by atoms with Gasteiger partial charge in [0.2, 0.25) is 5.91 Å². The fourth-order valence-electron chi connectivity index (χ4n) is 4.87. The molecule has 3 heterocycles. The van der Waals surface area contributed by atoms with Crippen molar-refractivity contribution in [2.45, 2.75) is 38.6 Å². The molecule has 1 fully saturated rings. The number of allylic oxidation sites excluding steroid dienone is 4. The van der Waals surface area contributed by atoms with Crippen LogP contribution in [0.1, 0.15) is 37.7 Å². The standard InChI is InChI=1S/C25H30N4O/c30-23(18-28-14-7-2-8-15-28)27-24-20-11-5-6-12-22(20)26-25-21(24)13-16-29(25)17-19-9-3-1-4-10-19/h1,3-5,9-12,26H,2,6-8,13-18H2,(H,27,30). The number of nitrogens with one attached hydrogen (secondary N) is 2. The molecule has 1 aromatic rings. The number of nitrogens with zero attached hydrogens (tertiary/aromatic N) is 2. The van der Waals surface area contributed by atoms with Gasteiger partial charge in [0.05, 0.1) is 12.2 Å². The molecule has 5 rings (SSSR count). The van der Waals surface area contributed by atoms with E-state index >= 15 is 0 Å². The SMILES string of the molecule is O=C(CN1CCCCC1)NC1=C2C=CCC=C2NC2=C1CCN2Cc1ccccc1. The Morgan fingerprint density at radius 3 is 2.73 bits per heavy atom. The van der Waals surface area contributed by atoms with Crippen LogP contribution in [-0.4, -0.2) is 41.9 Å².